The molecule has 1 N–H and O–H groups in total. The van der Waals surface area contributed by atoms with Gasteiger partial charge < -0.3 is 19.0 Å². The Hall–Kier alpha value is -3.59. The molecule has 3 heterocycles. The largest absolute Gasteiger partial charge is 0.503 e. The van der Waals surface area contributed by atoms with Gasteiger partial charge in [-0.15, -0.1) is 11.3 Å². The number of ether oxygens (including phenoxy) is 2. The lowest BCUT2D eigenvalue weighted by molar-refractivity contribution is -0.117. The van der Waals surface area contributed by atoms with Gasteiger partial charge in [0.05, 0.1) is 31.1 Å². The number of ketones is 1. The van der Waals surface area contributed by atoms with E-state index < -0.39 is 23.5 Å². The number of amides is 1. The molecular weight excluding hydrogens is 432 g/mol. The van der Waals surface area contributed by atoms with Crippen LogP contribution in [0.2, 0.25) is 0 Å². The predicted octanol–water partition coefficient (Wildman–Crippen LogP) is 4.71. The highest BCUT2D eigenvalue weighted by molar-refractivity contribution is 7.13. The molecular formula is C23H22N2O6S. The highest BCUT2D eigenvalue weighted by atomic mass is 32.1. The second-order valence-electron chi connectivity index (χ2n) is 6.95. The maximum absolute atomic E-state index is 13.2. The molecule has 0 aliphatic carbocycles. The van der Waals surface area contributed by atoms with Gasteiger partial charge in [-0.05, 0) is 43.2 Å². The zero-order valence-corrected chi connectivity index (χ0v) is 18.4. The number of thiazole rings is 1. The first-order chi connectivity index (χ1) is 15.6. The van der Waals surface area contributed by atoms with Gasteiger partial charge >= 0.3 is 0 Å². The third kappa shape index (κ3) is 3.87. The van der Waals surface area contributed by atoms with Gasteiger partial charge in [-0.1, -0.05) is 13.0 Å². The monoisotopic (exact) mass is 454 g/mol. The fourth-order valence-electron chi connectivity index (χ4n) is 3.52. The van der Waals surface area contributed by atoms with Crippen LogP contribution in [-0.2, 0) is 4.79 Å². The van der Waals surface area contributed by atoms with E-state index in [2.05, 4.69) is 4.98 Å². The lowest BCUT2D eigenvalue weighted by Gasteiger charge is -2.25. The van der Waals surface area contributed by atoms with Gasteiger partial charge in [0.1, 0.15) is 0 Å². The van der Waals surface area contributed by atoms with Crippen molar-refractivity contribution in [3.8, 4) is 11.5 Å². The molecule has 32 heavy (non-hydrogen) atoms. The zero-order chi connectivity index (χ0) is 22.7. The van der Waals surface area contributed by atoms with Gasteiger partial charge in [-0.25, -0.2) is 4.98 Å². The fraction of sp³-hybridized carbons (Fsp3) is 0.261. The van der Waals surface area contributed by atoms with E-state index in [1.807, 2.05) is 13.8 Å². The van der Waals surface area contributed by atoms with Crippen molar-refractivity contribution in [3.63, 3.8) is 0 Å². The number of aromatic nitrogens is 1. The molecule has 8 nitrogen and oxygen atoms in total. The summed E-state index contributed by atoms with van der Waals surface area (Å²) in [6, 6.07) is 7.36. The van der Waals surface area contributed by atoms with E-state index in [1.54, 1.807) is 35.8 Å². The number of carbonyl (C=O) groups excluding carboxylic acids is 2. The second-order valence-corrected chi connectivity index (χ2v) is 7.82. The molecule has 1 aliphatic rings. The average molecular weight is 455 g/mol. The minimum atomic E-state index is -0.911. The molecule has 0 radical (unpaired) electrons. The lowest BCUT2D eigenvalue weighted by atomic mass is 9.95. The molecule has 0 bridgehead atoms. The highest BCUT2D eigenvalue weighted by Crippen LogP contribution is 2.44. The smallest absolute Gasteiger partial charge is 0.296 e. The molecule has 1 amide bonds. The first-order valence-corrected chi connectivity index (χ1v) is 11.1. The van der Waals surface area contributed by atoms with E-state index in [0.29, 0.717) is 35.4 Å². The van der Waals surface area contributed by atoms with Crippen LogP contribution >= 0.6 is 11.3 Å². The maximum Gasteiger partial charge on any atom is 0.296 e. The Morgan fingerprint density at radius 1 is 1.25 bits per heavy atom. The van der Waals surface area contributed by atoms with E-state index in [-0.39, 0.29) is 11.3 Å². The zero-order valence-electron chi connectivity index (χ0n) is 17.6. The van der Waals surface area contributed by atoms with Crippen LogP contribution in [0.5, 0.6) is 11.5 Å². The third-order valence-electron chi connectivity index (χ3n) is 4.87. The number of hydrogen-bond donors (Lipinski definition) is 1. The summed E-state index contributed by atoms with van der Waals surface area (Å²) in [6.45, 7) is 4.79. The van der Waals surface area contributed by atoms with Gasteiger partial charge in [-0.3, -0.25) is 14.5 Å². The number of carbonyl (C=O) groups is 2. The van der Waals surface area contributed by atoms with Crippen molar-refractivity contribution < 1.29 is 28.6 Å². The molecule has 0 fully saturated rings. The maximum atomic E-state index is 13.2. The molecule has 1 aromatic carbocycles. The number of anilines is 1. The van der Waals surface area contributed by atoms with Crippen LogP contribution in [0.4, 0.5) is 5.13 Å². The third-order valence-corrected chi connectivity index (χ3v) is 5.64. The SMILES string of the molecule is CCCOc1ccc(C2C(C(=O)c3ccco3)=C(O)C(=O)N2c2nccs2)cc1OCC. The summed E-state index contributed by atoms with van der Waals surface area (Å²) < 4.78 is 16.8. The predicted molar refractivity (Wildman–Crippen MR) is 118 cm³/mol. The summed E-state index contributed by atoms with van der Waals surface area (Å²) in [6.07, 6.45) is 3.75. The van der Waals surface area contributed by atoms with Crippen molar-refractivity contribution >= 4 is 28.2 Å². The normalized spacial score (nSPS) is 16.0. The first-order valence-electron chi connectivity index (χ1n) is 10.2. The molecule has 1 unspecified atom stereocenters. The minimum absolute atomic E-state index is 0.0262. The van der Waals surface area contributed by atoms with Crippen molar-refractivity contribution in [3.05, 3.63) is 70.8 Å². The summed E-state index contributed by atoms with van der Waals surface area (Å²) in [7, 11) is 0. The number of aliphatic hydroxyl groups excluding tert-OH is 1. The van der Waals surface area contributed by atoms with Gasteiger partial charge in [0.2, 0.25) is 5.78 Å². The fourth-order valence-corrected chi connectivity index (χ4v) is 4.19. The van der Waals surface area contributed by atoms with Crippen LogP contribution in [-0.4, -0.2) is 35.0 Å². The van der Waals surface area contributed by atoms with Crippen molar-refractivity contribution in [2.75, 3.05) is 18.1 Å². The minimum Gasteiger partial charge on any atom is -0.503 e. The molecule has 0 saturated carbocycles. The van der Waals surface area contributed by atoms with Crippen LogP contribution in [0.3, 0.4) is 0 Å². The van der Waals surface area contributed by atoms with Crippen LogP contribution in [0.15, 0.2) is 63.9 Å². The Bertz CT molecular complexity index is 1140. The Balaban J connectivity index is 1.84. The van der Waals surface area contributed by atoms with E-state index in [4.69, 9.17) is 13.9 Å². The molecule has 3 aromatic rings. The average Bonchev–Trinajstić information content (AvgIpc) is 3.55. The second kappa shape index (κ2) is 9.27. The van der Waals surface area contributed by atoms with E-state index >= 15 is 0 Å². The van der Waals surface area contributed by atoms with E-state index in [1.165, 1.54) is 28.6 Å². The van der Waals surface area contributed by atoms with E-state index in [9.17, 15) is 14.7 Å². The van der Waals surface area contributed by atoms with Gasteiger partial charge in [0.25, 0.3) is 5.91 Å². The molecule has 2 aromatic heterocycles. The Kier molecular flexibility index (Phi) is 6.27. The lowest BCUT2D eigenvalue weighted by Crippen LogP contribution is -2.31. The summed E-state index contributed by atoms with van der Waals surface area (Å²) in [5.74, 6) is -0.830. The van der Waals surface area contributed by atoms with Crippen LogP contribution < -0.4 is 14.4 Å². The number of Topliss-reactive ketones (excluding diaryl/α,β-unsaturated/α-hetero) is 1. The number of aliphatic hydroxyl groups is 1. The molecule has 9 heteroatoms. The number of rotatable bonds is 9. The summed E-state index contributed by atoms with van der Waals surface area (Å²) in [5, 5.41) is 12.8. The van der Waals surface area contributed by atoms with Gasteiger partial charge in [0, 0.05) is 11.6 Å². The topological polar surface area (TPSA) is 102 Å². The molecule has 166 valence electrons. The molecule has 0 saturated heterocycles. The molecule has 4 rings (SSSR count). The number of furan rings is 1. The van der Waals surface area contributed by atoms with Crippen molar-refractivity contribution in [2.24, 2.45) is 0 Å². The van der Waals surface area contributed by atoms with Crippen LogP contribution in [0, 0.1) is 0 Å². The molecule has 1 atom stereocenters. The van der Waals surface area contributed by atoms with E-state index in [0.717, 1.165) is 6.42 Å². The first kappa shape index (κ1) is 21.6. The summed E-state index contributed by atoms with van der Waals surface area (Å²) in [5.41, 5.74) is 0.490. The summed E-state index contributed by atoms with van der Waals surface area (Å²) >= 11 is 1.23. The van der Waals surface area contributed by atoms with Gasteiger partial charge in [-0.2, -0.15) is 0 Å². The van der Waals surface area contributed by atoms with Crippen molar-refractivity contribution in [2.45, 2.75) is 26.3 Å². The van der Waals surface area contributed by atoms with Crippen LogP contribution in [0.1, 0.15) is 42.4 Å². The summed E-state index contributed by atoms with van der Waals surface area (Å²) in [4.78, 5) is 31.8. The Morgan fingerprint density at radius 2 is 2.09 bits per heavy atom. The van der Waals surface area contributed by atoms with Crippen molar-refractivity contribution in [1.82, 2.24) is 4.98 Å². The molecule has 0 spiro atoms. The number of nitrogens with zero attached hydrogens (tertiary/aromatic N) is 2. The molecule has 1 aliphatic heterocycles. The Labute approximate surface area is 188 Å². The van der Waals surface area contributed by atoms with Crippen LogP contribution in [0.25, 0.3) is 0 Å². The highest BCUT2D eigenvalue weighted by Gasteiger charge is 2.46. The standard InChI is InChI=1S/C23H22N2O6S/c1-3-10-30-15-8-7-14(13-17(15)29-4-2)19-18(20(26)16-6-5-11-31-16)21(27)22(28)25(19)23-24-9-12-32-23/h5-9,11-13,19,27H,3-4,10H2,1-2H3. The van der Waals surface area contributed by atoms with Crippen molar-refractivity contribution in [1.29, 1.82) is 0 Å². The quantitative estimate of drug-likeness (QED) is 0.467. The number of hydrogen-bond acceptors (Lipinski definition) is 8. The Morgan fingerprint density at radius 3 is 2.75 bits per heavy atom. The number of benzene rings is 1. The van der Waals surface area contributed by atoms with Gasteiger partial charge in [0.15, 0.2) is 28.1 Å².